The Labute approximate surface area is 160 Å². The average Bonchev–Trinajstić information content (AvgIpc) is 2.57. The summed E-state index contributed by atoms with van der Waals surface area (Å²) in [6.07, 6.45) is 1.12. The fraction of sp³-hybridized carbons (Fsp3) is 0.350. The van der Waals surface area contributed by atoms with Gasteiger partial charge < -0.3 is 5.32 Å². The van der Waals surface area contributed by atoms with Gasteiger partial charge in [0.25, 0.3) is 5.91 Å². The number of hydrogen-bond acceptors (Lipinski definition) is 3. The Balaban J connectivity index is 2.08. The van der Waals surface area contributed by atoms with E-state index in [2.05, 4.69) is 26.1 Å². The van der Waals surface area contributed by atoms with Gasteiger partial charge >= 0.3 is 0 Å². The molecule has 0 saturated heterocycles. The molecule has 2 rings (SSSR count). The fourth-order valence-electron chi connectivity index (χ4n) is 2.62. The zero-order valence-corrected chi connectivity index (χ0v) is 16.8. The number of carbonyl (C=O) groups excluding carboxylic acids is 1. The van der Waals surface area contributed by atoms with E-state index in [4.69, 9.17) is 0 Å². The van der Waals surface area contributed by atoms with Gasteiger partial charge in [-0.05, 0) is 41.3 Å². The van der Waals surface area contributed by atoms with Gasteiger partial charge in [0, 0.05) is 12.1 Å². The van der Waals surface area contributed by atoms with Gasteiger partial charge in [0.05, 0.1) is 18.5 Å². The van der Waals surface area contributed by atoms with Gasteiger partial charge in [0.2, 0.25) is 10.0 Å². The molecule has 0 aliphatic heterocycles. The SMILES string of the molecule is CC(C)(C)c1ccc(N(CCNC(=O)c2cccc(F)c2)S(C)(=O)=O)cc1. The summed E-state index contributed by atoms with van der Waals surface area (Å²) >= 11 is 0. The molecule has 0 heterocycles. The average molecular weight is 392 g/mol. The number of amides is 1. The normalized spacial score (nSPS) is 11.9. The van der Waals surface area contributed by atoms with Gasteiger partial charge in [0.15, 0.2) is 0 Å². The Morgan fingerprint density at radius 3 is 2.26 bits per heavy atom. The first-order valence-corrected chi connectivity index (χ1v) is 10.5. The quantitative estimate of drug-likeness (QED) is 0.820. The number of rotatable bonds is 6. The first-order valence-electron chi connectivity index (χ1n) is 8.60. The number of sulfonamides is 1. The van der Waals surface area contributed by atoms with Gasteiger partial charge in [-0.2, -0.15) is 0 Å². The standard InChI is InChI=1S/C20H25FN2O3S/c1-20(2,3)16-8-10-18(11-9-16)23(27(4,25)26)13-12-22-19(24)15-6-5-7-17(21)14-15/h5-11,14H,12-13H2,1-4H3,(H,22,24). The smallest absolute Gasteiger partial charge is 0.251 e. The van der Waals surface area contributed by atoms with Crippen LogP contribution in [0.2, 0.25) is 0 Å². The minimum absolute atomic E-state index is 0.0343. The third-order valence-corrected chi connectivity index (χ3v) is 5.30. The topological polar surface area (TPSA) is 66.5 Å². The van der Waals surface area contributed by atoms with Crippen LogP contribution < -0.4 is 9.62 Å². The highest BCUT2D eigenvalue weighted by Gasteiger charge is 2.19. The lowest BCUT2D eigenvalue weighted by molar-refractivity contribution is 0.0954. The second-order valence-corrected chi connectivity index (χ2v) is 9.31. The van der Waals surface area contributed by atoms with E-state index in [1.54, 1.807) is 12.1 Å². The van der Waals surface area contributed by atoms with E-state index in [9.17, 15) is 17.6 Å². The van der Waals surface area contributed by atoms with Crippen molar-refractivity contribution in [2.24, 2.45) is 0 Å². The maximum absolute atomic E-state index is 13.2. The van der Waals surface area contributed by atoms with Crippen molar-refractivity contribution >= 4 is 21.6 Å². The third kappa shape index (κ3) is 5.79. The van der Waals surface area contributed by atoms with E-state index < -0.39 is 21.7 Å². The van der Waals surface area contributed by atoms with E-state index in [-0.39, 0.29) is 24.1 Å². The van der Waals surface area contributed by atoms with Gasteiger partial charge in [-0.25, -0.2) is 12.8 Å². The summed E-state index contributed by atoms with van der Waals surface area (Å²) in [7, 11) is -3.51. The van der Waals surface area contributed by atoms with Crippen molar-refractivity contribution in [1.82, 2.24) is 5.32 Å². The van der Waals surface area contributed by atoms with Crippen LogP contribution in [0.15, 0.2) is 48.5 Å². The van der Waals surface area contributed by atoms with Crippen molar-refractivity contribution in [1.29, 1.82) is 0 Å². The number of benzene rings is 2. The summed E-state index contributed by atoms with van der Waals surface area (Å²) in [5.41, 5.74) is 1.79. The van der Waals surface area contributed by atoms with Crippen molar-refractivity contribution < 1.29 is 17.6 Å². The molecular weight excluding hydrogens is 367 g/mol. The number of carbonyl (C=O) groups is 1. The first-order chi connectivity index (χ1) is 12.5. The summed E-state index contributed by atoms with van der Waals surface area (Å²) in [6.45, 7) is 6.42. The van der Waals surface area contributed by atoms with E-state index in [0.717, 1.165) is 17.9 Å². The van der Waals surface area contributed by atoms with Crippen LogP contribution in [0.4, 0.5) is 10.1 Å². The Morgan fingerprint density at radius 1 is 1.11 bits per heavy atom. The minimum Gasteiger partial charge on any atom is -0.350 e. The molecule has 1 amide bonds. The summed E-state index contributed by atoms with van der Waals surface area (Å²) in [5, 5.41) is 2.62. The molecule has 0 aliphatic carbocycles. The number of anilines is 1. The summed E-state index contributed by atoms with van der Waals surface area (Å²) < 4.78 is 38.8. The monoisotopic (exact) mass is 392 g/mol. The van der Waals surface area contributed by atoms with Crippen LogP contribution in [-0.2, 0) is 15.4 Å². The molecule has 5 nitrogen and oxygen atoms in total. The summed E-state index contributed by atoms with van der Waals surface area (Å²) in [4.78, 5) is 12.1. The summed E-state index contributed by atoms with van der Waals surface area (Å²) in [6, 6.07) is 12.7. The lowest BCUT2D eigenvalue weighted by Crippen LogP contribution is -2.38. The van der Waals surface area contributed by atoms with Gasteiger partial charge in [-0.1, -0.05) is 39.0 Å². The lowest BCUT2D eigenvalue weighted by Gasteiger charge is -2.24. The van der Waals surface area contributed by atoms with Crippen molar-refractivity contribution in [3.8, 4) is 0 Å². The molecule has 0 saturated carbocycles. The molecule has 7 heteroatoms. The first kappa shape index (κ1) is 20.9. The molecule has 27 heavy (non-hydrogen) atoms. The molecular formula is C20H25FN2O3S. The number of nitrogens with one attached hydrogen (secondary N) is 1. The fourth-order valence-corrected chi connectivity index (χ4v) is 3.54. The van der Waals surface area contributed by atoms with Crippen molar-refractivity contribution in [2.45, 2.75) is 26.2 Å². The second-order valence-electron chi connectivity index (χ2n) is 7.40. The largest absolute Gasteiger partial charge is 0.350 e. The van der Waals surface area contributed by atoms with E-state index in [0.29, 0.717) is 5.69 Å². The number of halogens is 1. The molecule has 0 radical (unpaired) electrons. The minimum atomic E-state index is -3.51. The Bertz CT molecular complexity index is 904. The van der Waals surface area contributed by atoms with E-state index >= 15 is 0 Å². The maximum Gasteiger partial charge on any atom is 0.251 e. The predicted octanol–water partition coefficient (Wildman–Crippen LogP) is 3.32. The Morgan fingerprint density at radius 2 is 1.74 bits per heavy atom. The molecule has 0 unspecified atom stereocenters. The van der Waals surface area contributed by atoms with Crippen LogP contribution in [0.25, 0.3) is 0 Å². The zero-order chi connectivity index (χ0) is 20.2. The molecule has 0 bridgehead atoms. The molecule has 0 fully saturated rings. The van der Waals surface area contributed by atoms with Crippen LogP contribution in [0, 0.1) is 5.82 Å². The van der Waals surface area contributed by atoms with Gasteiger partial charge in [0.1, 0.15) is 5.82 Å². The van der Waals surface area contributed by atoms with Gasteiger partial charge in [-0.15, -0.1) is 0 Å². The third-order valence-electron chi connectivity index (χ3n) is 4.11. The molecule has 0 spiro atoms. The van der Waals surface area contributed by atoms with E-state index in [1.165, 1.54) is 22.5 Å². The lowest BCUT2D eigenvalue weighted by atomic mass is 9.87. The molecule has 1 N–H and O–H groups in total. The second kappa shape index (κ2) is 8.08. The highest BCUT2D eigenvalue weighted by atomic mass is 32.2. The van der Waals surface area contributed by atoms with Crippen LogP contribution in [-0.4, -0.2) is 33.7 Å². The molecule has 0 atom stereocenters. The number of hydrogen-bond donors (Lipinski definition) is 1. The summed E-state index contributed by atoms with van der Waals surface area (Å²) in [5.74, 6) is -0.953. The maximum atomic E-state index is 13.2. The zero-order valence-electron chi connectivity index (χ0n) is 16.0. The van der Waals surface area contributed by atoms with Crippen molar-refractivity contribution in [2.75, 3.05) is 23.7 Å². The predicted molar refractivity (Wildman–Crippen MR) is 106 cm³/mol. The highest BCUT2D eigenvalue weighted by molar-refractivity contribution is 7.92. The molecule has 146 valence electrons. The van der Waals surface area contributed by atoms with Crippen LogP contribution in [0.5, 0.6) is 0 Å². The molecule has 2 aromatic carbocycles. The number of nitrogens with zero attached hydrogens (tertiary/aromatic N) is 1. The van der Waals surface area contributed by atoms with Crippen molar-refractivity contribution in [3.63, 3.8) is 0 Å². The van der Waals surface area contributed by atoms with Crippen molar-refractivity contribution in [3.05, 3.63) is 65.5 Å². The van der Waals surface area contributed by atoms with E-state index in [1.807, 2.05) is 12.1 Å². The molecule has 0 aliphatic rings. The Hall–Kier alpha value is -2.41. The Kier molecular flexibility index (Phi) is 6.26. The highest BCUT2D eigenvalue weighted by Crippen LogP contribution is 2.25. The molecule has 0 aromatic heterocycles. The van der Waals surface area contributed by atoms with Crippen LogP contribution in [0.3, 0.4) is 0 Å². The van der Waals surface area contributed by atoms with Crippen LogP contribution >= 0.6 is 0 Å². The van der Waals surface area contributed by atoms with Crippen LogP contribution in [0.1, 0.15) is 36.7 Å². The molecule has 2 aromatic rings. The van der Waals surface area contributed by atoms with Gasteiger partial charge in [-0.3, -0.25) is 9.10 Å².